The van der Waals surface area contributed by atoms with Crippen LogP contribution in [-0.2, 0) is 17.9 Å². The third-order valence-corrected chi connectivity index (χ3v) is 6.63. The molecule has 0 unspecified atom stereocenters. The lowest BCUT2D eigenvalue weighted by Gasteiger charge is -2.19. The van der Waals surface area contributed by atoms with Gasteiger partial charge in [-0.2, -0.15) is 0 Å². The van der Waals surface area contributed by atoms with Crippen LogP contribution in [0.4, 0.5) is 0 Å². The summed E-state index contributed by atoms with van der Waals surface area (Å²) >= 11 is 0. The molecular formula is C29H31N3O3. The number of aryl methyl sites for hydroxylation is 2. The Morgan fingerprint density at radius 3 is 2.63 bits per heavy atom. The van der Waals surface area contributed by atoms with E-state index in [1.54, 1.807) is 0 Å². The van der Waals surface area contributed by atoms with Crippen LogP contribution in [0.15, 0.2) is 72.8 Å². The molecule has 1 aromatic heterocycles. The van der Waals surface area contributed by atoms with Crippen molar-refractivity contribution in [1.82, 2.24) is 14.5 Å². The molecule has 5 rings (SSSR count). The van der Waals surface area contributed by atoms with Crippen molar-refractivity contribution in [2.75, 3.05) is 13.2 Å². The number of carbonyl (C=O) groups is 1. The van der Waals surface area contributed by atoms with E-state index >= 15 is 0 Å². The highest BCUT2D eigenvalue weighted by Crippen LogP contribution is 2.31. The molecule has 1 N–H and O–H groups in total. The van der Waals surface area contributed by atoms with E-state index in [4.69, 9.17) is 9.72 Å². The molecule has 3 aromatic carbocycles. The summed E-state index contributed by atoms with van der Waals surface area (Å²) < 4.78 is 8.00. The maximum Gasteiger partial charge on any atom is 0.223 e. The van der Waals surface area contributed by atoms with E-state index in [2.05, 4.69) is 10.6 Å². The van der Waals surface area contributed by atoms with Gasteiger partial charge in [0.25, 0.3) is 0 Å². The van der Waals surface area contributed by atoms with Crippen LogP contribution in [0.3, 0.4) is 0 Å². The second kappa shape index (κ2) is 9.92. The van der Waals surface area contributed by atoms with Crippen LogP contribution in [0.5, 0.6) is 5.75 Å². The summed E-state index contributed by atoms with van der Waals surface area (Å²) in [5.41, 5.74) is 5.18. The summed E-state index contributed by atoms with van der Waals surface area (Å²) in [6.07, 6.45) is -0.296. The second-order valence-corrected chi connectivity index (χ2v) is 9.46. The van der Waals surface area contributed by atoms with E-state index < -0.39 is 6.10 Å². The molecule has 4 aromatic rings. The Balaban J connectivity index is 1.34. The Bertz CT molecular complexity index is 1330. The lowest BCUT2D eigenvalue weighted by atomic mass is 10.1. The number of fused-ring (bicyclic) bond motifs is 1. The number of imidazole rings is 1. The SMILES string of the molecule is Cc1ccc(OC[C@@H](O)Cn2c([C@@H]3CC(=O)N(Cc4ccccc4)C3)nc3ccccc32)c(C)c1. The molecule has 0 bridgehead atoms. The maximum absolute atomic E-state index is 12.8. The molecule has 1 saturated heterocycles. The fraction of sp³-hybridized carbons (Fsp3) is 0.310. The Morgan fingerprint density at radius 1 is 1.06 bits per heavy atom. The van der Waals surface area contributed by atoms with Gasteiger partial charge in [-0.25, -0.2) is 4.98 Å². The highest BCUT2D eigenvalue weighted by molar-refractivity contribution is 5.81. The first kappa shape index (κ1) is 23.1. The first-order valence-electron chi connectivity index (χ1n) is 12.1. The van der Waals surface area contributed by atoms with E-state index in [1.165, 1.54) is 5.56 Å². The van der Waals surface area contributed by atoms with Gasteiger partial charge in [0.05, 0.1) is 17.6 Å². The molecule has 2 heterocycles. The number of hydrogen-bond donors (Lipinski definition) is 1. The van der Waals surface area contributed by atoms with Crippen LogP contribution in [-0.4, -0.2) is 44.7 Å². The second-order valence-electron chi connectivity index (χ2n) is 9.46. The van der Waals surface area contributed by atoms with E-state index in [-0.39, 0.29) is 18.4 Å². The van der Waals surface area contributed by atoms with Crippen LogP contribution in [0, 0.1) is 13.8 Å². The van der Waals surface area contributed by atoms with E-state index in [1.807, 2.05) is 85.5 Å². The maximum atomic E-state index is 12.8. The molecule has 0 spiro atoms. The summed E-state index contributed by atoms with van der Waals surface area (Å²) in [7, 11) is 0. The van der Waals surface area contributed by atoms with Gasteiger partial charge in [0.1, 0.15) is 24.3 Å². The van der Waals surface area contributed by atoms with Gasteiger partial charge in [-0.1, -0.05) is 60.2 Å². The number of hydrogen-bond acceptors (Lipinski definition) is 4. The molecule has 35 heavy (non-hydrogen) atoms. The third-order valence-electron chi connectivity index (χ3n) is 6.63. The fourth-order valence-corrected chi connectivity index (χ4v) is 4.91. The number of ether oxygens (including phenoxy) is 1. The summed E-state index contributed by atoms with van der Waals surface area (Å²) in [4.78, 5) is 19.6. The van der Waals surface area contributed by atoms with Crippen molar-refractivity contribution in [1.29, 1.82) is 0 Å². The molecule has 0 saturated carbocycles. The molecule has 180 valence electrons. The van der Waals surface area contributed by atoms with Gasteiger partial charge in [-0.15, -0.1) is 0 Å². The Morgan fingerprint density at radius 2 is 1.83 bits per heavy atom. The van der Waals surface area contributed by atoms with Gasteiger partial charge in [0.15, 0.2) is 0 Å². The first-order valence-corrected chi connectivity index (χ1v) is 12.1. The van der Waals surface area contributed by atoms with Crippen LogP contribution in [0.25, 0.3) is 11.0 Å². The number of rotatable bonds is 8. The highest BCUT2D eigenvalue weighted by atomic mass is 16.5. The van der Waals surface area contributed by atoms with Crippen LogP contribution in [0.1, 0.15) is 34.9 Å². The summed E-state index contributed by atoms with van der Waals surface area (Å²) in [6.45, 7) is 5.80. The molecule has 0 aliphatic carbocycles. The minimum Gasteiger partial charge on any atom is -0.491 e. The van der Waals surface area contributed by atoms with E-state index in [9.17, 15) is 9.90 Å². The third kappa shape index (κ3) is 5.08. The molecule has 6 nitrogen and oxygen atoms in total. The number of benzene rings is 3. The number of aromatic nitrogens is 2. The number of para-hydroxylation sites is 2. The minimum atomic E-state index is -0.718. The molecule has 6 heteroatoms. The quantitative estimate of drug-likeness (QED) is 0.409. The number of carbonyl (C=O) groups excluding carboxylic acids is 1. The van der Waals surface area contributed by atoms with Gasteiger partial charge >= 0.3 is 0 Å². The molecule has 1 aliphatic heterocycles. The Kier molecular flexibility index (Phi) is 6.55. The van der Waals surface area contributed by atoms with Crippen LogP contribution < -0.4 is 4.74 Å². The monoisotopic (exact) mass is 469 g/mol. The summed E-state index contributed by atoms with van der Waals surface area (Å²) in [6, 6.07) is 24.0. The predicted octanol–water partition coefficient (Wildman–Crippen LogP) is 4.61. The van der Waals surface area contributed by atoms with E-state index in [0.717, 1.165) is 33.7 Å². The van der Waals surface area contributed by atoms with Crippen LogP contribution >= 0.6 is 0 Å². The average Bonchev–Trinajstić information content (AvgIpc) is 3.39. The van der Waals surface area contributed by atoms with Crippen molar-refractivity contribution in [2.45, 2.75) is 45.4 Å². The smallest absolute Gasteiger partial charge is 0.223 e. The van der Waals surface area contributed by atoms with Gasteiger partial charge in [0, 0.05) is 25.4 Å². The minimum absolute atomic E-state index is 0.0222. The zero-order chi connectivity index (χ0) is 24.4. The standard InChI is InChI=1S/C29H31N3O3/c1-20-12-13-27(21(2)14-20)35-19-24(33)18-32-26-11-7-6-10-25(26)30-29(32)23-15-28(34)31(17-23)16-22-8-4-3-5-9-22/h3-14,23-24,33H,15-19H2,1-2H3/t23-,24+/m1/s1. The van der Waals surface area contributed by atoms with Gasteiger partial charge in [-0.3, -0.25) is 4.79 Å². The zero-order valence-corrected chi connectivity index (χ0v) is 20.2. The van der Waals surface area contributed by atoms with E-state index in [0.29, 0.717) is 26.1 Å². The molecule has 1 aliphatic rings. The molecule has 0 radical (unpaired) electrons. The Hall–Kier alpha value is -3.64. The lowest BCUT2D eigenvalue weighted by molar-refractivity contribution is -0.128. The number of amides is 1. The Labute approximate surface area is 205 Å². The lowest BCUT2D eigenvalue weighted by Crippen LogP contribution is -2.26. The molecule has 2 atom stereocenters. The van der Waals surface area contributed by atoms with Crippen LogP contribution in [0.2, 0.25) is 0 Å². The number of likely N-dealkylation sites (tertiary alicyclic amines) is 1. The topological polar surface area (TPSA) is 67.6 Å². The van der Waals surface area contributed by atoms with Crippen molar-refractivity contribution in [3.05, 3.63) is 95.3 Å². The number of nitrogens with zero attached hydrogens (tertiary/aromatic N) is 3. The molecular weight excluding hydrogens is 438 g/mol. The fourth-order valence-electron chi connectivity index (χ4n) is 4.91. The van der Waals surface area contributed by atoms with Crippen molar-refractivity contribution in [2.24, 2.45) is 0 Å². The summed E-state index contributed by atoms with van der Waals surface area (Å²) in [5.74, 6) is 1.74. The van der Waals surface area contributed by atoms with Gasteiger partial charge in [0.2, 0.25) is 5.91 Å². The average molecular weight is 470 g/mol. The van der Waals surface area contributed by atoms with Gasteiger partial charge in [-0.05, 0) is 43.2 Å². The molecule has 1 fully saturated rings. The van der Waals surface area contributed by atoms with Crippen molar-refractivity contribution >= 4 is 16.9 Å². The highest BCUT2D eigenvalue weighted by Gasteiger charge is 2.34. The summed E-state index contributed by atoms with van der Waals surface area (Å²) in [5, 5.41) is 10.9. The molecule has 1 amide bonds. The number of aliphatic hydroxyl groups is 1. The first-order chi connectivity index (χ1) is 17.0. The van der Waals surface area contributed by atoms with Crippen molar-refractivity contribution < 1.29 is 14.6 Å². The largest absolute Gasteiger partial charge is 0.491 e. The number of aliphatic hydroxyl groups excluding tert-OH is 1. The predicted molar refractivity (Wildman–Crippen MR) is 136 cm³/mol. The zero-order valence-electron chi connectivity index (χ0n) is 20.2. The van der Waals surface area contributed by atoms with Gasteiger partial charge < -0.3 is 19.3 Å². The van der Waals surface area contributed by atoms with Crippen molar-refractivity contribution in [3.63, 3.8) is 0 Å². The van der Waals surface area contributed by atoms with Crippen molar-refractivity contribution in [3.8, 4) is 5.75 Å². The normalized spacial score (nSPS) is 16.7.